The van der Waals surface area contributed by atoms with E-state index in [1.165, 1.54) is 6.07 Å². The van der Waals surface area contributed by atoms with Crippen LogP contribution in [-0.2, 0) is 11.2 Å². The summed E-state index contributed by atoms with van der Waals surface area (Å²) in [6, 6.07) is 9.94. The van der Waals surface area contributed by atoms with Crippen molar-refractivity contribution in [2.24, 2.45) is 0 Å². The van der Waals surface area contributed by atoms with Gasteiger partial charge in [0.1, 0.15) is 17.0 Å². The number of pyridine rings is 2. The molecule has 3 aromatic rings. The predicted octanol–water partition coefficient (Wildman–Crippen LogP) is -0.556. The smallest absolute Gasteiger partial charge is 0.303 e. The fourth-order valence-corrected chi connectivity index (χ4v) is 2.60. The zero-order valence-electron chi connectivity index (χ0n) is 11.5. The highest BCUT2D eigenvalue weighted by atomic mass is 35.5. The summed E-state index contributed by atoms with van der Waals surface area (Å²) >= 11 is 0. The molecule has 0 unspecified atom stereocenters. The number of fused-ring (bicyclic) bond motifs is 3. The minimum atomic E-state index is -0.961. The van der Waals surface area contributed by atoms with Gasteiger partial charge >= 0.3 is 5.97 Å². The third-order valence-electron chi connectivity index (χ3n) is 3.53. The molecule has 0 spiro atoms. The summed E-state index contributed by atoms with van der Waals surface area (Å²) in [7, 11) is 0. The van der Waals surface area contributed by atoms with Gasteiger partial charge in [0.2, 0.25) is 11.0 Å². The quantitative estimate of drug-likeness (QED) is 0.502. The van der Waals surface area contributed by atoms with Gasteiger partial charge in [-0.3, -0.25) is 4.79 Å². The lowest BCUT2D eigenvalue weighted by molar-refractivity contribution is -0.482. The van der Waals surface area contributed by atoms with Crippen LogP contribution >= 0.6 is 0 Å². The van der Waals surface area contributed by atoms with E-state index in [4.69, 9.17) is 5.11 Å². The second kappa shape index (κ2) is 6.15. The minimum absolute atomic E-state index is 0. The molecule has 0 aliphatic heterocycles. The maximum Gasteiger partial charge on any atom is 0.303 e. The van der Waals surface area contributed by atoms with Crippen LogP contribution in [-0.4, -0.2) is 16.2 Å². The van der Waals surface area contributed by atoms with Crippen molar-refractivity contribution >= 4 is 22.4 Å². The van der Waals surface area contributed by atoms with E-state index >= 15 is 0 Å². The Morgan fingerprint density at radius 3 is 2.59 bits per heavy atom. The predicted molar refractivity (Wildman–Crippen MR) is 74.7 cm³/mol. The molecule has 0 aliphatic rings. The fourth-order valence-electron chi connectivity index (χ4n) is 2.60. The molecule has 2 aromatic heterocycles. The van der Waals surface area contributed by atoms with E-state index in [9.17, 15) is 14.3 Å². The second-order valence-corrected chi connectivity index (χ2v) is 4.81. The summed E-state index contributed by atoms with van der Waals surface area (Å²) in [6.07, 6.45) is 1.78. The van der Waals surface area contributed by atoms with Gasteiger partial charge in [-0.2, -0.15) is 4.40 Å². The van der Waals surface area contributed by atoms with Crippen molar-refractivity contribution in [3.63, 3.8) is 0 Å². The number of aliphatic carboxylic acids is 1. The lowest BCUT2D eigenvalue weighted by Gasteiger charge is -2.08. The molecule has 1 aromatic carbocycles. The summed E-state index contributed by atoms with van der Waals surface area (Å²) in [6.45, 7) is 0. The number of rotatable bonds is 3. The number of nitrogens with zero attached hydrogens (tertiary/aromatic N) is 1. The molecule has 0 bridgehead atoms. The lowest BCUT2D eigenvalue weighted by atomic mass is 10.0. The van der Waals surface area contributed by atoms with Crippen molar-refractivity contribution in [1.82, 2.24) is 0 Å². The molecule has 0 atom stereocenters. The largest absolute Gasteiger partial charge is 1.00 e. The lowest BCUT2D eigenvalue weighted by Crippen LogP contribution is -3.00. The molecule has 0 saturated heterocycles. The molecule has 3 rings (SSSR count). The van der Waals surface area contributed by atoms with E-state index in [2.05, 4.69) is 0 Å². The van der Waals surface area contributed by atoms with E-state index < -0.39 is 11.8 Å². The zero-order valence-corrected chi connectivity index (χ0v) is 12.2. The Hall–Kier alpha value is -2.40. The second-order valence-electron chi connectivity index (χ2n) is 4.81. The molecule has 22 heavy (non-hydrogen) atoms. The highest BCUT2D eigenvalue weighted by Crippen LogP contribution is 2.31. The number of carbonyl (C=O) groups is 1. The van der Waals surface area contributed by atoms with Crippen LogP contribution in [0.15, 0.2) is 42.6 Å². The third kappa shape index (κ3) is 2.55. The molecule has 0 saturated carbocycles. The first kappa shape index (κ1) is 16.0. The van der Waals surface area contributed by atoms with Gasteiger partial charge in [0, 0.05) is 24.6 Å². The van der Waals surface area contributed by atoms with E-state index in [-0.39, 0.29) is 36.4 Å². The van der Waals surface area contributed by atoms with E-state index in [1.54, 1.807) is 40.9 Å². The van der Waals surface area contributed by atoms with Crippen molar-refractivity contribution < 1.29 is 36.2 Å². The van der Waals surface area contributed by atoms with Gasteiger partial charge in [0.05, 0.1) is 5.56 Å². The number of halogens is 2. The molecule has 0 radical (unpaired) electrons. The first-order valence-corrected chi connectivity index (χ1v) is 6.54. The average molecular weight is 322 g/mol. The van der Waals surface area contributed by atoms with Crippen LogP contribution in [0, 0.1) is 5.82 Å². The van der Waals surface area contributed by atoms with Crippen molar-refractivity contribution in [1.29, 1.82) is 0 Å². The molecule has 0 amide bonds. The highest BCUT2D eigenvalue weighted by molar-refractivity contribution is 5.87. The Balaban J connectivity index is 0.00000176. The van der Waals surface area contributed by atoms with E-state index in [0.717, 1.165) is 0 Å². The Labute approximate surface area is 131 Å². The maximum atomic E-state index is 14.1. The molecule has 2 N–H and O–H groups in total. The number of aromatic hydroxyl groups is 1. The minimum Gasteiger partial charge on any atom is -1.00 e. The Morgan fingerprint density at radius 1 is 1.14 bits per heavy atom. The Kier molecular flexibility index (Phi) is 4.47. The fraction of sp³-hybridized carbons (Fsp3) is 0.125. The van der Waals surface area contributed by atoms with Crippen LogP contribution < -0.4 is 16.8 Å². The van der Waals surface area contributed by atoms with Gasteiger partial charge in [0.25, 0.3) is 0 Å². The van der Waals surface area contributed by atoms with Crippen molar-refractivity contribution in [2.45, 2.75) is 12.8 Å². The van der Waals surface area contributed by atoms with Crippen LogP contribution in [0.4, 0.5) is 4.39 Å². The molecule has 0 aliphatic carbocycles. The van der Waals surface area contributed by atoms with Crippen LogP contribution in [0.2, 0.25) is 0 Å². The SMILES string of the molecule is O=C(O)CCc1c(O)c2c(F)cccc2[n+]2ccccc12.[Cl-]. The topological polar surface area (TPSA) is 61.6 Å². The number of aryl methyl sites for hydroxylation is 1. The number of carboxylic acids is 1. The monoisotopic (exact) mass is 321 g/mol. The van der Waals surface area contributed by atoms with Gasteiger partial charge in [-0.1, -0.05) is 6.07 Å². The molecule has 4 nitrogen and oxygen atoms in total. The van der Waals surface area contributed by atoms with Crippen LogP contribution in [0.5, 0.6) is 5.75 Å². The summed E-state index contributed by atoms with van der Waals surface area (Å²) in [5, 5.41) is 19.4. The summed E-state index contributed by atoms with van der Waals surface area (Å²) in [5.74, 6) is -1.67. The van der Waals surface area contributed by atoms with Crippen molar-refractivity contribution in [2.75, 3.05) is 0 Å². The molecule has 2 heterocycles. The molecule has 6 heteroatoms. The van der Waals surface area contributed by atoms with Crippen LogP contribution in [0.25, 0.3) is 16.4 Å². The van der Waals surface area contributed by atoms with Crippen molar-refractivity contribution in [3.8, 4) is 5.75 Å². The molecule has 114 valence electrons. The molecular weight excluding hydrogens is 309 g/mol. The van der Waals surface area contributed by atoms with Gasteiger partial charge in [-0.25, -0.2) is 4.39 Å². The van der Waals surface area contributed by atoms with Gasteiger partial charge in [0.15, 0.2) is 6.20 Å². The number of aromatic nitrogens is 1. The molecule has 0 fully saturated rings. The van der Waals surface area contributed by atoms with Crippen LogP contribution in [0.1, 0.15) is 12.0 Å². The van der Waals surface area contributed by atoms with E-state index in [0.29, 0.717) is 16.6 Å². The Morgan fingerprint density at radius 2 is 1.86 bits per heavy atom. The Bertz CT molecular complexity index is 867. The summed E-state index contributed by atoms with van der Waals surface area (Å²) < 4.78 is 15.8. The highest BCUT2D eigenvalue weighted by Gasteiger charge is 2.22. The van der Waals surface area contributed by atoms with Gasteiger partial charge < -0.3 is 22.6 Å². The first-order valence-electron chi connectivity index (χ1n) is 6.54. The van der Waals surface area contributed by atoms with Gasteiger partial charge in [-0.05, 0) is 18.6 Å². The number of carboxylic acid groups (broad SMARTS) is 1. The maximum absolute atomic E-state index is 14.1. The normalized spacial score (nSPS) is 10.6. The van der Waals surface area contributed by atoms with Crippen LogP contribution in [0.3, 0.4) is 0 Å². The van der Waals surface area contributed by atoms with Crippen molar-refractivity contribution in [3.05, 3.63) is 54.0 Å². The zero-order chi connectivity index (χ0) is 15.0. The number of hydrogen-bond acceptors (Lipinski definition) is 2. The van der Waals surface area contributed by atoms with E-state index in [1.807, 2.05) is 0 Å². The van der Waals surface area contributed by atoms with Gasteiger partial charge in [-0.15, -0.1) is 0 Å². The summed E-state index contributed by atoms with van der Waals surface area (Å²) in [5.41, 5.74) is 1.66. The number of hydrogen-bond donors (Lipinski definition) is 2. The average Bonchev–Trinajstić information content (AvgIpc) is 2.46. The first-order chi connectivity index (χ1) is 10.1. The molecular formula is C16H13ClFNO3. The number of benzene rings is 1. The third-order valence-corrected chi connectivity index (χ3v) is 3.53. The summed E-state index contributed by atoms with van der Waals surface area (Å²) in [4.78, 5) is 10.8. The standard InChI is InChI=1S/C16H12FNO3.ClH/c17-11-4-3-6-13-15(11)16(21)10(7-8-14(19)20)12-5-1-2-9-18(12)13;/h1-6,9H,7-8H2,(H,19,20);1H.